The van der Waals surface area contributed by atoms with Crippen LogP contribution in [0.25, 0.3) is 0 Å². The first-order valence-corrected chi connectivity index (χ1v) is 5.59. The third-order valence-electron chi connectivity index (χ3n) is 3.21. The van der Waals surface area contributed by atoms with Gasteiger partial charge in [0.15, 0.2) is 0 Å². The quantitative estimate of drug-likeness (QED) is 0.728. The van der Waals surface area contributed by atoms with Gasteiger partial charge in [0, 0.05) is 6.42 Å². The normalized spacial score (nSPS) is 28.1. The molecule has 1 saturated carbocycles. The van der Waals surface area contributed by atoms with Gasteiger partial charge in [0.05, 0.1) is 12.0 Å². The van der Waals surface area contributed by atoms with Gasteiger partial charge in [0.1, 0.15) is 0 Å². The fraction of sp³-hybridized carbons (Fsp3) is 0.833. The van der Waals surface area contributed by atoms with Crippen molar-refractivity contribution in [3.8, 4) is 11.8 Å². The van der Waals surface area contributed by atoms with Crippen molar-refractivity contribution >= 4 is 0 Å². The van der Waals surface area contributed by atoms with Crippen LogP contribution in [0.2, 0.25) is 0 Å². The standard InChI is InChI=1S/C12H17F3O/c1-2-3-7-11(16)9-5-4-6-10(8-9)12(13,14)15/h9-11,16H,4-8H2,1H3. The van der Waals surface area contributed by atoms with Crippen LogP contribution in [-0.4, -0.2) is 17.4 Å². The van der Waals surface area contributed by atoms with Crippen molar-refractivity contribution < 1.29 is 18.3 Å². The van der Waals surface area contributed by atoms with E-state index in [0.29, 0.717) is 12.8 Å². The van der Waals surface area contributed by atoms with Gasteiger partial charge in [-0.05, 0) is 32.1 Å². The summed E-state index contributed by atoms with van der Waals surface area (Å²) in [6, 6.07) is 0. The van der Waals surface area contributed by atoms with Crippen molar-refractivity contribution in [1.82, 2.24) is 0 Å². The Morgan fingerprint density at radius 3 is 2.62 bits per heavy atom. The van der Waals surface area contributed by atoms with Crippen LogP contribution >= 0.6 is 0 Å². The van der Waals surface area contributed by atoms with Crippen molar-refractivity contribution in [3.63, 3.8) is 0 Å². The molecule has 4 heteroatoms. The van der Waals surface area contributed by atoms with Crippen molar-refractivity contribution in [2.45, 2.75) is 51.3 Å². The number of alkyl halides is 3. The topological polar surface area (TPSA) is 20.2 Å². The molecule has 0 amide bonds. The highest BCUT2D eigenvalue weighted by atomic mass is 19.4. The fourth-order valence-corrected chi connectivity index (χ4v) is 2.25. The third kappa shape index (κ3) is 3.71. The Balaban J connectivity index is 2.52. The first-order valence-electron chi connectivity index (χ1n) is 5.59. The van der Waals surface area contributed by atoms with Crippen LogP contribution in [0.4, 0.5) is 13.2 Å². The molecule has 3 unspecified atom stereocenters. The highest BCUT2D eigenvalue weighted by Crippen LogP contribution is 2.41. The zero-order valence-corrected chi connectivity index (χ0v) is 9.35. The molecule has 0 aromatic carbocycles. The van der Waals surface area contributed by atoms with E-state index in [1.165, 1.54) is 0 Å². The molecule has 1 aliphatic carbocycles. The summed E-state index contributed by atoms with van der Waals surface area (Å²) < 4.78 is 37.6. The maximum atomic E-state index is 12.5. The molecule has 0 bridgehead atoms. The van der Waals surface area contributed by atoms with Crippen molar-refractivity contribution in [1.29, 1.82) is 0 Å². The van der Waals surface area contributed by atoms with E-state index in [4.69, 9.17) is 0 Å². The van der Waals surface area contributed by atoms with E-state index >= 15 is 0 Å². The lowest BCUT2D eigenvalue weighted by Gasteiger charge is -2.32. The van der Waals surface area contributed by atoms with Crippen LogP contribution < -0.4 is 0 Å². The van der Waals surface area contributed by atoms with Crippen LogP contribution in [0.5, 0.6) is 0 Å². The Hall–Kier alpha value is -0.690. The lowest BCUT2D eigenvalue weighted by Crippen LogP contribution is -2.33. The first kappa shape index (κ1) is 13.4. The predicted octanol–water partition coefficient (Wildman–Crippen LogP) is 3.13. The van der Waals surface area contributed by atoms with Crippen LogP contribution in [-0.2, 0) is 0 Å². The minimum atomic E-state index is -4.12. The van der Waals surface area contributed by atoms with E-state index in [-0.39, 0.29) is 25.2 Å². The molecule has 0 aromatic rings. The van der Waals surface area contributed by atoms with E-state index in [2.05, 4.69) is 11.8 Å². The molecule has 92 valence electrons. The Bertz CT molecular complexity index is 274. The van der Waals surface area contributed by atoms with E-state index in [1.54, 1.807) is 6.92 Å². The number of hydrogen-bond donors (Lipinski definition) is 1. The fourth-order valence-electron chi connectivity index (χ4n) is 2.25. The Labute approximate surface area is 94.0 Å². The average Bonchev–Trinajstić information content (AvgIpc) is 2.25. The molecule has 1 fully saturated rings. The van der Waals surface area contributed by atoms with Crippen LogP contribution in [0.15, 0.2) is 0 Å². The molecule has 0 aromatic heterocycles. The molecular formula is C12H17F3O. The summed E-state index contributed by atoms with van der Waals surface area (Å²) in [5.41, 5.74) is 0. The summed E-state index contributed by atoms with van der Waals surface area (Å²) in [6.45, 7) is 1.66. The average molecular weight is 234 g/mol. The second kappa shape index (κ2) is 5.58. The predicted molar refractivity (Wildman–Crippen MR) is 55.6 cm³/mol. The van der Waals surface area contributed by atoms with Gasteiger partial charge in [-0.1, -0.05) is 6.42 Å². The lowest BCUT2D eigenvalue weighted by molar-refractivity contribution is -0.188. The Morgan fingerprint density at radius 1 is 1.38 bits per heavy atom. The SMILES string of the molecule is CC#CCC(O)C1CCCC(C(F)(F)F)C1. The van der Waals surface area contributed by atoms with Gasteiger partial charge in [0.25, 0.3) is 0 Å². The summed E-state index contributed by atoms with van der Waals surface area (Å²) in [5, 5.41) is 9.72. The maximum absolute atomic E-state index is 12.5. The molecular weight excluding hydrogens is 217 g/mol. The summed E-state index contributed by atoms with van der Waals surface area (Å²) in [6.07, 6.45) is -3.06. The molecule has 0 heterocycles. The molecule has 3 atom stereocenters. The molecule has 0 aliphatic heterocycles. The van der Waals surface area contributed by atoms with Gasteiger partial charge in [-0.3, -0.25) is 0 Å². The summed E-state index contributed by atoms with van der Waals surface area (Å²) in [4.78, 5) is 0. The highest BCUT2D eigenvalue weighted by molar-refractivity contribution is 4.98. The molecule has 0 saturated heterocycles. The molecule has 1 aliphatic rings. The van der Waals surface area contributed by atoms with Gasteiger partial charge in [-0.2, -0.15) is 13.2 Å². The molecule has 1 N–H and O–H groups in total. The van der Waals surface area contributed by atoms with Crippen LogP contribution in [0.1, 0.15) is 39.0 Å². The van der Waals surface area contributed by atoms with Gasteiger partial charge in [-0.25, -0.2) is 0 Å². The number of aliphatic hydroxyl groups is 1. The van der Waals surface area contributed by atoms with Crippen LogP contribution in [0, 0.1) is 23.7 Å². The Kier molecular flexibility index (Phi) is 4.67. The lowest BCUT2D eigenvalue weighted by atomic mass is 9.78. The summed E-state index contributed by atoms with van der Waals surface area (Å²) in [7, 11) is 0. The van der Waals surface area contributed by atoms with E-state index in [0.717, 1.165) is 0 Å². The smallest absolute Gasteiger partial charge is 0.391 e. The molecule has 1 nitrogen and oxygen atoms in total. The monoisotopic (exact) mass is 234 g/mol. The maximum Gasteiger partial charge on any atom is 0.391 e. The number of aliphatic hydroxyl groups excluding tert-OH is 1. The van der Waals surface area contributed by atoms with Crippen molar-refractivity contribution in [2.75, 3.05) is 0 Å². The minimum absolute atomic E-state index is 0.0516. The Morgan fingerprint density at radius 2 is 2.06 bits per heavy atom. The second-order valence-electron chi connectivity index (χ2n) is 4.36. The molecule has 16 heavy (non-hydrogen) atoms. The summed E-state index contributed by atoms with van der Waals surface area (Å²) in [5.74, 6) is 3.88. The van der Waals surface area contributed by atoms with E-state index < -0.39 is 18.2 Å². The van der Waals surface area contributed by atoms with Gasteiger partial charge >= 0.3 is 6.18 Å². The highest BCUT2D eigenvalue weighted by Gasteiger charge is 2.43. The van der Waals surface area contributed by atoms with Gasteiger partial charge in [-0.15, -0.1) is 11.8 Å². The van der Waals surface area contributed by atoms with Gasteiger partial charge < -0.3 is 5.11 Å². The van der Waals surface area contributed by atoms with E-state index in [1.807, 2.05) is 0 Å². The number of hydrogen-bond acceptors (Lipinski definition) is 1. The van der Waals surface area contributed by atoms with Crippen LogP contribution in [0.3, 0.4) is 0 Å². The van der Waals surface area contributed by atoms with Crippen molar-refractivity contribution in [3.05, 3.63) is 0 Å². The van der Waals surface area contributed by atoms with Crippen molar-refractivity contribution in [2.24, 2.45) is 11.8 Å². The number of rotatable bonds is 2. The second-order valence-corrected chi connectivity index (χ2v) is 4.36. The molecule has 0 radical (unpaired) electrons. The van der Waals surface area contributed by atoms with Gasteiger partial charge in [0.2, 0.25) is 0 Å². The minimum Gasteiger partial charge on any atom is -0.392 e. The third-order valence-corrected chi connectivity index (χ3v) is 3.21. The largest absolute Gasteiger partial charge is 0.392 e. The zero-order valence-electron chi connectivity index (χ0n) is 9.35. The zero-order chi connectivity index (χ0) is 12.2. The first-order chi connectivity index (χ1) is 7.45. The van der Waals surface area contributed by atoms with E-state index in [9.17, 15) is 18.3 Å². The molecule has 0 spiro atoms. The summed E-state index contributed by atoms with van der Waals surface area (Å²) >= 11 is 0. The molecule has 1 rings (SSSR count). The number of halogens is 3.